The summed E-state index contributed by atoms with van der Waals surface area (Å²) < 4.78 is 1.94. The number of rotatable bonds is 4. The zero-order chi connectivity index (χ0) is 11.4. The monoisotopic (exact) mass is 240 g/mol. The Balaban J connectivity index is 1.93. The van der Waals surface area contributed by atoms with Crippen LogP contribution in [0, 0.1) is 0 Å². The molecule has 0 aliphatic carbocycles. The molecule has 0 saturated carbocycles. The van der Waals surface area contributed by atoms with Crippen molar-refractivity contribution in [3.63, 3.8) is 0 Å². The first-order valence-corrected chi connectivity index (χ1v) is 7.10. The van der Waals surface area contributed by atoms with E-state index in [4.69, 9.17) is 5.73 Å². The van der Waals surface area contributed by atoms with Crippen molar-refractivity contribution in [3.8, 4) is 0 Å². The molecule has 2 N–H and O–H groups in total. The minimum Gasteiger partial charge on any atom is -0.326 e. The molecule has 2 unspecified atom stereocenters. The van der Waals surface area contributed by atoms with Crippen molar-refractivity contribution in [3.05, 3.63) is 12.2 Å². The lowest BCUT2D eigenvalue weighted by molar-refractivity contribution is 0.524. The van der Waals surface area contributed by atoms with Gasteiger partial charge in [-0.15, -0.1) is 0 Å². The van der Waals surface area contributed by atoms with Crippen LogP contribution in [0.2, 0.25) is 0 Å². The van der Waals surface area contributed by atoms with Crippen LogP contribution >= 0.6 is 11.8 Å². The molecular weight excluding hydrogens is 220 g/mol. The van der Waals surface area contributed by atoms with Gasteiger partial charge in [-0.25, -0.2) is 4.98 Å². The van der Waals surface area contributed by atoms with Crippen molar-refractivity contribution in [2.45, 2.75) is 50.4 Å². The van der Waals surface area contributed by atoms with Crippen LogP contribution in [0.1, 0.15) is 32.0 Å². The average molecular weight is 240 g/mol. The molecule has 1 aromatic heterocycles. The fourth-order valence-electron chi connectivity index (χ4n) is 2.16. The Labute approximate surface area is 101 Å². The first-order chi connectivity index (χ1) is 7.81. The Morgan fingerprint density at radius 2 is 2.50 bits per heavy atom. The van der Waals surface area contributed by atoms with Gasteiger partial charge in [0.05, 0.1) is 0 Å². The van der Waals surface area contributed by atoms with Crippen molar-refractivity contribution in [1.29, 1.82) is 0 Å². The Morgan fingerprint density at radius 1 is 1.62 bits per heavy atom. The summed E-state index contributed by atoms with van der Waals surface area (Å²) >= 11 is 2.02. The lowest BCUT2D eigenvalue weighted by Crippen LogP contribution is -2.37. The van der Waals surface area contributed by atoms with Crippen molar-refractivity contribution in [1.82, 2.24) is 14.8 Å². The molecule has 2 rings (SSSR count). The summed E-state index contributed by atoms with van der Waals surface area (Å²) in [6.07, 6.45) is 6.40. The molecule has 1 aliphatic heterocycles. The van der Waals surface area contributed by atoms with Gasteiger partial charge in [0.15, 0.2) is 0 Å². The normalized spacial score (nSPS) is 23.2. The van der Waals surface area contributed by atoms with Gasteiger partial charge in [0.1, 0.15) is 12.2 Å². The molecule has 0 aromatic carbocycles. The molecule has 0 spiro atoms. The Kier molecular flexibility index (Phi) is 4.23. The highest BCUT2D eigenvalue weighted by molar-refractivity contribution is 8.00. The Morgan fingerprint density at radius 3 is 3.19 bits per heavy atom. The summed E-state index contributed by atoms with van der Waals surface area (Å²) in [5.41, 5.74) is 6.26. The smallest absolute Gasteiger partial charge is 0.138 e. The van der Waals surface area contributed by atoms with Crippen molar-refractivity contribution in [2.24, 2.45) is 5.73 Å². The van der Waals surface area contributed by atoms with E-state index in [0.717, 1.165) is 18.8 Å². The van der Waals surface area contributed by atoms with Crippen LogP contribution in [-0.2, 0) is 13.0 Å². The van der Waals surface area contributed by atoms with E-state index in [1.807, 2.05) is 16.4 Å². The van der Waals surface area contributed by atoms with E-state index in [0.29, 0.717) is 5.25 Å². The summed E-state index contributed by atoms with van der Waals surface area (Å²) in [5.74, 6) is 2.29. The van der Waals surface area contributed by atoms with Crippen LogP contribution in [0.4, 0.5) is 0 Å². The molecule has 5 heteroatoms. The number of aryl methyl sites for hydroxylation is 1. The molecule has 2 atom stereocenters. The molecule has 1 fully saturated rings. The summed E-state index contributed by atoms with van der Waals surface area (Å²) in [7, 11) is 0. The molecule has 0 bridgehead atoms. The first-order valence-electron chi connectivity index (χ1n) is 6.05. The van der Waals surface area contributed by atoms with E-state index in [2.05, 4.69) is 17.0 Å². The molecule has 90 valence electrons. The van der Waals surface area contributed by atoms with Gasteiger partial charge >= 0.3 is 0 Å². The number of hydrogen-bond acceptors (Lipinski definition) is 4. The number of hydrogen-bond donors (Lipinski definition) is 1. The highest BCUT2D eigenvalue weighted by atomic mass is 32.2. The quantitative estimate of drug-likeness (QED) is 0.865. The zero-order valence-corrected chi connectivity index (χ0v) is 10.6. The van der Waals surface area contributed by atoms with Crippen LogP contribution in [0.3, 0.4) is 0 Å². The second kappa shape index (κ2) is 5.68. The number of nitrogens with zero attached hydrogens (tertiary/aromatic N) is 3. The minimum absolute atomic E-state index is 0.222. The van der Waals surface area contributed by atoms with Gasteiger partial charge in [-0.1, -0.05) is 6.42 Å². The number of aromatic nitrogens is 3. The van der Waals surface area contributed by atoms with Crippen LogP contribution in [0.5, 0.6) is 0 Å². The Hall–Kier alpha value is -0.550. The maximum atomic E-state index is 6.26. The Bertz CT molecular complexity index is 320. The second-order valence-corrected chi connectivity index (χ2v) is 5.61. The third kappa shape index (κ3) is 2.77. The fourth-order valence-corrected chi connectivity index (χ4v) is 3.51. The largest absolute Gasteiger partial charge is 0.326 e. The molecule has 0 radical (unpaired) electrons. The van der Waals surface area contributed by atoms with Crippen molar-refractivity contribution < 1.29 is 0 Å². The summed E-state index contributed by atoms with van der Waals surface area (Å²) in [6, 6.07) is 0.222. The standard InChI is InChI=1S/C11H20N4S/c1-2-15-11(13-8-14-15)7-9(12)10-5-3-4-6-16-10/h8-10H,2-7,12H2,1H3. The van der Waals surface area contributed by atoms with Gasteiger partial charge in [0.25, 0.3) is 0 Å². The SMILES string of the molecule is CCn1ncnc1CC(N)C1CCCCS1. The van der Waals surface area contributed by atoms with Crippen LogP contribution in [-0.4, -0.2) is 31.8 Å². The molecule has 1 aromatic rings. The summed E-state index contributed by atoms with van der Waals surface area (Å²) in [5, 5.41) is 4.78. The molecule has 0 amide bonds. The number of thioether (sulfide) groups is 1. The van der Waals surface area contributed by atoms with E-state index >= 15 is 0 Å². The van der Waals surface area contributed by atoms with Gasteiger partial charge < -0.3 is 5.73 Å². The van der Waals surface area contributed by atoms with E-state index < -0.39 is 0 Å². The van der Waals surface area contributed by atoms with E-state index in [1.165, 1.54) is 25.0 Å². The van der Waals surface area contributed by atoms with E-state index in [1.54, 1.807) is 6.33 Å². The average Bonchev–Trinajstić information content (AvgIpc) is 2.77. The lowest BCUT2D eigenvalue weighted by atomic mass is 10.0. The van der Waals surface area contributed by atoms with Crippen LogP contribution < -0.4 is 5.73 Å². The van der Waals surface area contributed by atoms with Crippen LogP contribution in [0.15, 0.2) is 6.33 Å². The molecule has 1 aliphatic rings. The van der Waals surface area contributed by atoms with Gasteiger partial charge in [0, 0.05) is 24.3 Å². The van der Waals surface area contributed by atoms with Crippen molar-refractivity contribution in [2.75, 3.05) is 5.75 Å². The highest BCUT2D eigenvalue weighted by Crippen LogP contribution is 2.27. The predicted molar refractivity (Wildman–Crippen MR) is 67.5 cm³/mol. The molecule has 4 nitrogen and oxygen atoms in total. The van der Waals surface area contributed by atoms with E-state index in [-0.39, 0.29) is 6.04 Å². The summed E-state index contributed by atoms with van der Waals surface area (Å²) in [4.78, 5) is 4.28. The molecular formula is C11H20N4S. The third-order valence-electron chi connectivity index (χ3n) is 3.11. The lowest BCUT2D eigenvalue weighted by Gasteiger charge is -2.26. The number of nitrogens with two attached hydrogens (primary N) is 1. The maximum Gasteiger partial charge on any atom is 0.138 e. The fraction of sp³-hybridized carbons (Fsp3) is 0.818. The van der Waals surface area contributed by atoms with Gasteiger partial charge in [-0.3, -0.25) is 4.68 Å². The van der Waals surface area contributed by atoms with Crippen LogP contribution in [0.25, 0.3) is 0 Å². The zero-order valence-electron chi connectivity index (χ0n) is 9.80. The van der Waals surface area contributed by atoms with Gasteiger partial charge in [-0.2, -0.15) is 16.9 Å². The molecule has 1 saturated heterocycles. The maximum absolute atomic E-state index is 6.26. The first kappa shape index (κ1) is 11.9. The predicted octanol–water partition coefficient (Wildman–Crippen LogP) is 1.45. The van der Waals surface area contributed by atoms with E-state index in [9.17, 15) is 0 Å². The molecule has 16 heavy (non-hydrogen) atoms. The topological polar surface area (TPSA) is 56.7 Å². The van der Waals surface area contributed by atoms with Gasteiger partial charge in [-0.05, 0) is 25.5 Å². The summed E-state index contributed by atoms with van der Waals surface area (Å²) in [6.45, 7) is 2.96. The second-order valence-electron chi connectivity index (χ2n) is 4.27. The minimum atomic E-state index is 0.222. The molecule has 2 heterocycles. The van der Waals surface area contributed by atoms with Crippen molar-refractivity contribution >= 4 is 11.8 Å². The third-order valence-corrected chi connectivity index (χ3v) is 4.64. The highest BCUT2D eigenvalue weighted by Gasteiger charge is 2.22. The van der Waals surface area contributed by atoms with Gasteiger partial charge in [0.2, 0.25) is 0 Å².